The van der Waals surface area contributed by atoms with Crippen LogP contribution in [0, 0.1) is 0 Å². The Hall–Kier alpha value is -0.610. The first-order chi connectivity index (χ1) is 5.13. The van der Waals surface area contributed by atoms with E-state index in [2.05, 4.69) is 5.32 Å². The standard InChI is InChI=1S/C7H16N2O2/c1-3-5(8)6(10)7(11)9-4-2/h5-6,10H,3-4,8H2,1-2H3,(H,9,11)/t5-,6-/m0/s1. The normalized spacial score (nSPS) is 15.6. The number of aliphatic hydroxyl groups excluding tert-OH is 1. The van der Waals surface area contributed by atoms with Gasteiger partial charge in [-0.25, -0.2) is 0 Å². The van der Waals surface area contributed by atoms with Crippen LogP contribution in [0.3, 0.4) is 0 Å². The smallest absolute Gasteiger partial charge is 0.250 e. The molecule has 0 saturated heterocycles. The average Bonchev–Trinajstić information content (AvgIpc) is 2.02. The van der Waals surface area contributed by atoms with E-state index in [-0.39, 0.29) is 5.91 Å². The van der Waals surface area contributed by atoms with Crippen LogP contribution in [0.25, 0.3) is 0 Å². The van der Waals surface area contributed by atoms with E-state index in [1.807, 2.05) is 6.92 Å². The second-order valence-corrected chi connectivity index (χ2v) is 2.41. The zero-order valence-electron chi connectivity index (χ0n) is 7.00. The maximum Gasteiger partial charge on any atom is 0.250 e. The minimum atomic E-state index is -1.07. The molecule has 0 aromatic carbocycles. The Morgan fingerprint density at radius 1 is 1.64 bits per heavy atom. The molecule has 0 heterocycles. The van der Waals surface area contributed by atoms with Gasteiger partial charge >= 0.3 is 0 Å². The van der Waals surface area contributed by atoms with E-state index in [0.29, 0.717) is 13.0 Å². The number of carbonyl (C=O) groups excluding carboxylic acids is 1. The molecule has 0 aromatic heterocycles. The second kappa shape index (κ2) is 5.09. The van der Waals surface area contributed by atoms with Crippen molar-refractivity contribution >= 4 is 5.91 Å². The van der Waals surface area contributed by atoms with Crippen molar-refractivity contribution in [2.75, 3.05) is 6.54 Å². The quantitative estimate of drug-likeness (QED) is 0.505. The van der Waals surface area contributed by atoms with Gasteiger partial charge < -0.3 is 16.2 Å². The minimum Gasteiger partial charge on any atom is -0.382 e. The third kappa shape index (κ3) is 3.34. The number of hydrogen-bond acceptors (Lipinski definition) is 3. The molecule has 0 aliphatic heterocycles. The topological polar surface area (TPSA) is 75.3 Å². The largest absolute Gasteiger partial charge is 0.382 e. The Balaban J connectivity index is 3.80. The lowest BCUT2D eigenvalue weighted by molar-refractivity contribution is -0.130. The van der Waals surface area contributed by atoms with Crippen molar-refractivity contribution < 1.29 is 9.90 Å². The van der Waals surface area contributed by atoms with E-state index in [4.69, 9.17) is 5.73 Å². The molecule has 66 valence electrons. The van der Waals surface area contributed by atoms with Gasteiger partial charge in [-0.2, -0.15) is 0 Å². The van der Waals surface area contributed by atoms with Crippen LogP contribution in [0.4, 0.5) is 0 Å². The summed E-state index contributed by atoms with van der Waals surface area (Å²) in [5, 5.41) is 11.7. The van der Waals surface area contributed by atoms with E-state index >= 15 is 0 Å². The van der Waals surface area contributed by atoms with Gasteiger partial charge in [0, 0.05) is 12.6 Å². The van der Waals surface area contributed by atoms with Crippen molar-refractivity contribution in [3.63, 3.8) is 0 Å². The van der Waals surface area contributed by atoms with Crippen LogP contribution in [-0.2, 0) is 4.79 Å². The number of amides is 1. The van der Waals surface area contributed by atoms with Crippen LogP contribution >= 0.6 is 0 Å². The van der Waals surface area contributed by atoms with Gasteiger partial charge in [-0.3, -0.25) is 4.79 Å². The van der Waals surface area contributed by atoms with Crippen molar-refractivity contribution in [3.05, 3.63) is 0 Å². The molecule has 4 nitrogen and oxygen atoms in total. The van der Waals surface area contributed by atoms with Crippen molar-refractivity contribution in [2.24, 2.45) is 5.73 Å². The monoisotopic (exact) mass is 160 g/mol. The molecule has 0 unspecified atom stereocenters. The van der Waals surface area contributed by atoms with E-state index in [1.165, 1.54) is 0 Å². The first-order valence-corrected chi connectivity index (χ1v) is 3.84. The molecule has 0 bridgehead atoms. The summed E-state index contributed by atoms with van der Waals surface area (Å²) in [6.07, 6.45) is -0.474. The first-order valence-electron chi connectivity index (χ1n) is 3.84. The fourth-order valence-corrected chi connectivity index (χ4v) is 0.696. The first kappa shape index (κ1) is 10.4. The van der Waals surface area contributed by atoms with Gasteiger partial charge in [0.1, 0.15) is 6.10 Å². The number of nitrogens with two attached hydrogens (primary N) is 1. The Labute approximate surface area is 66.8 Å². The molecule has 4 heteroatoms. The summed E-state index contributed by atoms with van der Waals surface area (Å²) < 4.78 is 0. The van der Waals surface area contributed by atoms with Crippen LogP contribution in [0.2, 0.25) is 0 Å². The number of aliphatic hydroxyl groups is 1. The molecule has 4 N–H and O–H groups in total. The molecule has 0 aliphatic carbocycles. The molecule has 11 heavy (non-hydrogen) atoms. The zero-order valence-corrected chi connectivity index (χ0v) is 7.00. The lowest BCUT2D eigenvalue weighted by Crippen LogP contribution is -2.45. The number of carbonyl (C=O) groups is 1. The Morgan fingerprint density at radius 2 is 2.18 bits per heavy atom. The van der Waals surface area contributed by atoms with Crippen LogP contribution in [-0.4, -0.2) is 29.7 Å². The maximum absolute atomic E-state index is 10.9. The van der Waals surface area contributed by atoms with E-state index < -0.39 is 12.1 Å². The molecule has 2 atom stereocenters. The van der Waals surface area contributed by atoms with Gasteiger partial charge in [0.05, 0.1) is 0 Å². The summed E-state index contributed by atoms with van der Waals surface area (Å²) in [5.41, 5.74) is 5.44. The predicted molar refractivity (Wildman–Crippen MR) is 43.0 cm³/mol. The molecule has 0 rings (SSSR count). The van der Waals surface area contributed by atoms with Gasteiger partial charge in [0.25, 0.3) is 0 Å². The average molecular weight is 160 g/mol. The molecule has 0 fully saturated rings. The highest BCUT2D eigenvalue weighted by molar-refractivity contribution is 5.81. The van der Waals surface area contributed by atoms with E-state index in [0.717, 1.165) is 0 Å². The third-order valence-corrected chi connectivity index (χ3v) is 1.50. The van der Waals surface area contributed by atoms with Gasteiger partial charge in [-0.05, 0) is 13.3 Å². The SMILES string of the molecule is CCNC(=O)[C@@H](O)[C@@H](N)CC. The lowest BCUT2D eigenvalue weighted by Gasteiger charge is -2.15. The van der Waals surface area contributed by atoms with Crippen LogP contribution in [0.5, 0.6) is 0 Å². The molecule has 1 amide bonds. The van der Waals surface area contributed by atoms with Crippen molar-refractivity contribution in [2.45, 2.75) is 32.4 Å². The number of nitrogens with one attached hydrogen (secondary N) is 1. The second-order valence-electron chi connectivity index (χ2n) is 2.41. The fourth-order valence-electron chi connectivity index (χ4n) is 0.696. The van der Waals surface area contributed by atoms with Crippen molar-refractivity contribution in [1.29, 1.82) is 0 Å². The van der Waals surface area contributed by atoms with Crippen molar-refractivity contribution in [1.82, 2.24) is 5.32 Å². The van der Waals surface area contributed by atoms with Gasteiger partial charge in [0.15, 0.2) is 0 Å². The van der Waals surface area contributed by atoms with Crippen LogP contribution < -0.4 is 11.1 Å². The summed E-state index contributed by atoms with van der Waals surface area (Å²) >= 11 is 0. The molecule has 0 spiro atoms. The molecular weight excluding hydrogens is 144 g/mol. The highest BCUT2D eigenvalue weighted by atomic mass is 16.3. The summed E-state index contributed by atoms with van der Waals surface area (Å²) in [6, 6.07) is -0.457. The number of hydrogen-bond donors (Lipinski definition) is 3. The summed E-state index contributed by atoms with van der Waals surface area (Å²) in [5.74, 6) is -0.387. The number of likely N-dealkylation sites (N-methyl/N-ethyl adjacent to an activating group) is 1. The molecule has 0 saturated carbocycles. The van der Waals surface area contributed by atoms with Gasteiger partial charge in [0.2, 0.25) is 5.91 Å². The third-order valence-electron chi connectivity index (χ3n) is 1.50. The fraction of sp³-hybridized carbons (Fsp3) is 0.857. The lowest BCUT2D eigenvalue weighted by atomic mass is 10.1. The molecule has 0 aliphatic rings. The Kier molecular flexibility index (Phi) is 4.81. The van der Waals surface area contributed by atoms with E-state index in [1.54, 1.807) is 6.92 Å². The van der Waals surface area contributed by atoms with Gasteiger partial charge in [-0.1, -0.05) is 6.92 Å². The molecule has 0 radical (unpaired) electrons. The number of rotatable bonds is 4. The maximum atomic E-state index is 10.9. The molecular formula is C7H16N2O2. The Morgan fingerprint density at radius 3 is 2.55 bits per heavy atom. The highest BCUT2D eigenvalue weighted by Gasteiger charge is 2.19. The van der Waals surface area contributed by atoms with E-state index in [9.17, 15) is 9.90 Å². The van der Waals surface area contributed by atoms with Crippen LogP contribution in [0.1, 0.15) is 20.3 Å². The van der Waals surface area contributed by atoms with Crippen LogP contribution in [0.15, 0.2) is 0 Å². The highest BCUT2D eigenvalue weighted by Crippen LogP contribution is 1.94. The summed E-state index contributed by atoms with van der Waals surface area (Å²) in [6.45, 7) is 4.14. The summed E-state index contributed by atoms with van der Waals surface area (Å²) in [4.78, 5) is 10.9. The predicted octanol–water partition coefficient (Wildman–Crippen LogP) is -0.779. The minimum absolute atomic E-state index is 0.387. The molecule has 0 aromatic rings. The van der Waals surface area contributed by atoms with Crippen molar-refractivity contribution in [3.8, 4) is 0 Å². The summed E-state index contributed by atoms with van der Waals surface area (Å²) in [7, 11) is 0. The Bertz CT molecular complexity index is 128. The zero-order chi connectivity index (χ0) is 8.85. The van der Waals surface area contributed by atoms with Gasteiger partial charge in [-0.15, -0.1) is 0 Å².